The van der Waals surface area contributed by atoms with Gasteiger partial charge in [-0.1, -0.05) is 0 Å². The normalized spacial score (nSPS) is 14.3. The van der Waals surface area contributed by atoms with Gasteiger partial charge < -0.3 is 19.7 Å². The van der Waals surface area contributed by atoms with Gasteiger partial charge in [-0.25, -0.2) is 9.97 Å². The molecular weight excluding hydrogens is 272 g/mol. The van der Waals surface area contributed by atoms with E-state index in [2.05, 4.69) is 15.3 Å². The topological polar surface area (TPSA) is 76.6 Å². The summed E-state index contributed by atoms with van der Waals surface area (Å²) in [6.45, 7) is 2.90. The van der Waals surface area contributed by atoms with Crippen LogP contribution < -0.4 is 14.8 Å². The summed E-state index contributed by atoms with van der Waals surface area (Å²) in [7, 11) is 3.12. The smallest absolute Gasteiger partial charge is 0.224 e. The van der Waals surface area contributed by atoms with Crippen molar-refractivity contribution in [1.29, 1.82) is 0 Å². The molecule has 7 heteroatoms. The highest BCUT2D eigenvalue weighted by molar-refractivity contribution is 5.76. The number of rotatable bonds is 7. The van der Waals surface area contributed by atoms with Gasteiger partial charge in [0.2, 0.25) is 17.7 Å². The molecule has 0 radical (unpaired) electrons. The number of methoxy groups -OCH3 is 2. The summed E-state index contributed by atoms with van der Waals surface area (Å²) >= 11 is 0. The van der Waals surface area contributed by atoms with Crippen molar-refractivity contribution < 1.29 is 14.3 Å². The number of ether oxygens (including phenoxy) is 2. The lowest BCUT2D eigenvalue weighted by Crippen LogP contribution is -2.30. The summed E-state index contributed by atoms with van der Waals surface area (Å²) in [5.74, 6) is 1.18. The molecule has 2 heterocycles. The molecule has 0 atom stereocenters. The minimum Gasteiger partial charge on any atom is -0.481 e. The van der Waals surface area contributed by atoms with Crippen LogP contribution in [0.1, 0.15) is 24.8 Å². The number of likely N-dealkylation sites (tertiary alicyclic amines) is 1. The second kappa shape index (κ2) is 7.78. The second-order valence-electron chi connectivity index (χ2n) is 4.89. The van der Waals surface area contributed by atoms with E-state index < -0.39 is 0 Å². The number of nitrogens with one attached hydrogen (secondary N) is 1. The lowest BCUT2D eigenvalue weighted by molar-refractivity contribution is -0.130. The molecule has 0 aliphatic carbocycles. The standard InChI is InChI=1S/C14H22N4O3/c1-20-13-11(14(21-2)17-10-16-13)9-15-6-5-12(19)18-7-3-4-8-18/h10,15H,3-9H2,1-2H3. The van der Waals surface area contributed by atoms with Gasteiger partial charge in [0.15, 0.2) is 0 Å². The Balaban J connectivity index is 1.81. The number of hydrogen-bond acceptors (Lipinski definition) is 6. The SMILES string of the molecule is COc1ncnc(OC)c1CNCCC(=O)N1CCCC1. The van der Waals surface area contributed by atoms with Crippen LogP contribution in [0.2, 0.25) is 0 Å². The van der Waals surface area contributed by atoms with Crippen molar-refractivity contribution in [3.8, 4) is 11.8 Å². The highest BCUT2D eigenvalue weighted by atomic mass is 16.5. The highest BCUT2D eigenvalue weighted by Gasteiger charge is 2.17. The molecule has 0 spiro atoms. The zero-order chi connectivity index (χ0) is 15.1. The van der Waals surface area contributed by atoms with Crippen LogP contribution >= 0.6 is 0 Å². The Hall–Kier alpha value is -1.89. The van der Waals surface area contributed by atoms with Gasteiger partial charge in [0.05, 0.1) is 19.8 Å². The van der Waals surface area contributed by atoms with Gasteiger partial charge in [0.1, 0.15) is 6.33 Å². The molecule has 0 unspecified atom stereocenters. The largest absolute Gasteiger partial charge is 0.481 e. The van der Waals surface area contributed by atoms with Crippen LogP contribution in [0.5, 0.6) is 11.8 Å². The Bertz CT molecular complexity index is 453. The third kappa shape index (κ3) is 4.04. The molecule has 116 valence electrons. The van der Waals surface area contributed by atoms with Gasteiger partial charge in [-0.15, -0.1) is 0 Å². The van der Waals surface area contributed by atoms with Gasteiger partial charge >= 0.3 is 0 Å². The number of nitrogens with zero attached hydrogens (tertiary/aromatic N) is 3. The van der Waals surface area contributed by atoms with Crippen LogP contribution in [0.3, 0.4) is 0 Å². The number of aromatic nitrogens is 2. The monoisotopic (exact) mass is 294 g/mol. The Labute approximate surface area is 124 Å². The molecule has 1 aliphatic heterocycles. The molecule has 7 nitrogen and oxygen atoms in total. The first kappa shape index (κ1) is 15.5. The predicted molar refractivity (Wildman–Crippen MR) is 77.3 cm³/mol. The van der Waals surface area contributed by atoms with Crippen molar-refractivity contribution in [3.63, 3.8) is 0 Å². The first-order valence-corrected chi connectivity index (χ1v) is 7.16. The van der Waals surface area contributed by atoms with Crippen molar-refractivity contribution in [2.45, 2.75) is 25.8 Å². The maximum atomic E-state index is 11.9. The van der Waals surface area contributed by atoms with Gasteiger partial charge in [0, 0.05) is 32.6 Å². The quantitative estimate of drug-likeness (QED) is 0.742. The molecule has 1 aromatic heterocycles. The summed E-state index contributed by atoms with van der Waals surface area (Å²) < 4.78 is 10.4. The van der Waals surface area contributed by atoms with E-state index in [1.807, 2.05) is 4.90 Å². The maximum Gasteiger partial charge on any atom is 0.224 e. The van der Waals surface area contributed by atoms with Gasteiger partial charge in [-0.05, 0) is 12.8 Å². The molecule has 0 aromatic carbocycles. The molecule has 0 saturated carbocycles. The van der Waals surface area contributed by atoms with Crippen LogP contribution in [-0.2, 0) is 11.3 Å². The summed E-state index contributed by atoms with van der Waals surface area (Å²) in [5, 5.41) is 3.22. The minimum atomic E-state index is 0.211. The molecule has 1 fully saturated rings. The Morgan fingerprint density at radius 2 is 1.86 bits per heavy atom. The molecule has 1 amide bonds. The summed E-state index contributed by atoms with van der Waals surface area (Å²) in [4.78, 5) is 21.9. The molecule has 2 rings (SSSR count). The predicted octanol–water partition coefficient (Wildman–Crippen LogP) is 0.596. The molecule has 1 N–H and O–H groups in total. The average molecular weight is 294 g/mol. The van der Waals surface area contributed by atoms with E-state index in [0.717, 1.165) is 31.5 Å². The van der Waals surface area contributed by atoms with Crippen LogP contribution in [0.25, 0.3) is 0 Å². The number of amides is 1. The fourth-order valence-corrected chi connectivity index (χ4v) is 2.42. The van der Waals surface area contributed by atoms with Crippen molar-refractivity contribution in [3.05, 3.63) is 11.9 Å². The zero-order valence-electron chi connectivity index (χ0n) is 12.6. The molecular formula is C14H22N4O3. The third-order valence-electron chi connectivity index (χ3n) is 3.53. The number of carbonyl (C=O) groups excluding carboxylic acids is 1. The zero-order valence-corrected chi connectivity index (χ0v) is 12.6. The van der Waals surface area contributed by atoms with Gasteiger partial charge in [-0.2, -0.15) is 0 Å². The van der Waals surface area contributed by atoms with E-state index in [4.69, 9.17) is 9.47 Å². The first-order valence-electron chi connectivity index (χ1n) is 7.16. The minimum absolute atomic E-state index is 0.211. The Kier molecular flexibility index (Phi) is 5.74. The van der Waals surface area contributed by atoms with Crippen LogP contribution in [0, 0.1) is 0 Å². The van der Waals surface area contributed by atoms with Gasteiger partial charge in [-0.3, -0.25) is 4.79 Å². The van der Waals surface area contributed by atoms with Crippen molar-refractivity contribution in [1.82, 2.24) is 20.2 Å². The van der Waals surface area contributed by atoms with Crippen LogP contribution in [-0.4, -0.2) is 54.6 Å². The molecule has 1 aliphatic rings. The van der Waals surface area contributed by atoms with E-state index in [9.17, 15) is 4.79 Å². The average Bonchev–Trinajstić information content (AvgIpc) is 3.05. The molecule has 0 bridgehead atoms. The van der Waals surface area contributed by atoms with E-state index in [0.29, 0.717) is 31.3 Å². The molecule has 1 aromatic rings. The van der Waals surface area contributed by atoms with Crippen molar-refractivity contribution >= 4 is 5.91 Å². The lowest BCUT2D eigenvalue weighted by Gasteiger charge is -2.15. The third-order valence-corrected chi connectivity index (χ3v) is 3.53. The fraction of sp³-hybridized carbons (Fsp3) is 0.643. The van der Waals surface area contributed by atoms with Crippen LogP contribution in [0.15, 0.2) is 6.33 Å². The summed E-state index contributed by atoms with van der Waals surface area (Å²) in [6, 6.07) is 0. The lowest BCUT2D eigenvalue weighted by atomic mass is 10.3. The number of hydrogen-bond donors (Lipinski definition) is 1. The Morgan fingerprint density at radius 1 is 1.24 bits per heavy atom. The Morgan fingerprint density at radius 3 is 2.43 bits per heavy atom. The second-order valence-corrected chi connectivity index (χ2v) is 4.89. The van der Waals surface area contributed by atoms with E-state index in [-0.39, 0.29) is 5.91 Å². The van der Waals surface area contributed by atoms with Crippen molar-refractivity contribution in [2.75, 3.05) is 33.9 Å². The van der Waals surface area contributed by atoms with E-state index in [1.165, 1.54) is 6.33 Å². The van der Waals surface area contributed by atoms with Gasteiger partial charge in [0.25, 0.3) is 0 Å². The first-order chi connectivity index (χ1) is 10.3. The molecule has 1 saturated heterocycles. The molecule has 21 heavy (non-hydrogen) atoms. The summed E-state index contributed by atoms with van der Waals surface area (Å²) in [5.41, 5.74) is 0.760. The highest BCUT2D eigenvalue weighted by Crippen LogP contribution is 2.22. The maximum absolute atomic E-state index is 11.9. The van der Waals surface area contributed by atoms with Crippen LogP contribution in [0.4, 0.5) is 0 Å². The summed E-state index contributed by atoms with van der Waals surface area (Å²) in [6.07, 6.45) is 4.14. The van der Waals surface area contributed by atoms with E-state index in [1.54, 1.807) is 14.2 Å². The van der Waals surface area contributed by atoms with Crippen molar-refractivity contribution in [2.24, 2.45) is 0 Å². The van der Waals surface area contributed by atoms with E-state index >= 15 is 0 Å². The number of carbonyl (C=O) groups is 1. The fourth-order valence-electron chi connectivity index (χ4n) is 2.42.